The SMILES string of the molecule is CC(C)c1ccccc1OC[C@@H](O)C[NH+]1CCCC1. The van der Waals surface area contributed by atoms with Gasteiger partial charge < -0.3 is 14.7 Å². The molecule has 1 aliphatic rings. The van der Waals surface area contributed by atoms with Crippen molar-refractivity contribution in [2.75, 3.05) is 26.2 Å². The molecule has 0 bridgehead atoms. The van der Waals surface area contributed by atoms with Crippen molar-refractivity contribution in [3.63, 3.8) is 0 Å². The molecule has 0 aliphatic carbocycles. The number of nitrogens with one attached hydrogen (secondary N) is 1. The number of quaternary nitrogens is 1. The molecule has 1 fully saturated rings. The van der Waals surface area contributed by atoms with Crippen LogP contribution in [0.4, 0.5) is 0 Å². The van der Waals surface area contributed by atoms with Gasteiger partial charge in [-0.3, -0.25) is 0 Å². The Morgan fingerprint density at radius 3 is 2.58 bits per heavy atom. The van der Waals surface area contributed by atoms with Crippen molar-refractivity contribution in [3.8, 4) is 5.75 Å². The maximum atomic E-state index is 10.1. The average Bonchev–Trinajstić information content (AvgIpc) is 2.89. The van der Waals surface area contributed by atoms with Crippen molar-refractivity contribution in [1.29, 1.82) is 0 Å². The van der Waals surface area contributed by atoms with E-state index in [-0.39, 0.29) is 6.10 Å². The summed E-state index contributed by atoms with van der Waals surface area (Å²) in [6.45, 7) is 7.91. The van der Waals surface area contributed by atoms with Crippen LogP contribution in [-0.2, 0) is 0 Å². The minimum absolute atomic E-state index is 0.367. The molecule has 19 heavy (non-hydrogen) atoms. The van der Waals surface area contributed by atoms with Crippen molar-refractivity contribution in [3.05, 3.63) is 29.8 Å². The molecule has 0 spiro atoms. The van der Waals surface area contributed by atoms with Crippen molar-refractivity contribution < 1.29 is 14.7 Å². The molecule has 1 heterocycles. The van der Waals surface area contributed by atoms with Crippen molar-refractivity contribution in [2.45, 2.75) is 38.7 Å². The van der Waals surface area contributed by atoms with Gasteiger partial charge in [0.2, 0.25) is 0 Å². The second-order valence-electron chi connectivity index (χ2n) is 5.82. The summed E-state index contributed by atoms with van der Waals surface area (Å²) in [4.78, 5) is 1.51. The van der Waals surface area contributed by atoms with Gasteiger partial charge in [-0.2, -0.15) is 0 Å². The first-order valence-electron chi connectivity index (χ1n) is 7.40. The first-order valence-corrected chi connectivity index (χ1v) is 7.40. The van der Waals surface area contributed by atoms with Gasteiger partial charge in [0.1, 0.15) is 25.0 Å². The molecule has 3 heteroatoms. The summed E-state index contributed by atoms with van der Waals surface area (Å²) in [5.41, 5.74) is 1.21. The van der Waals surface area contributed by atoms with E-state index in [0.29, 0.717) is 12.5 Å². The van der Waals surface area contributed by atoms with Gasteiger partial charge in [-0.25, -0.2) is 0 Å². The highest BCUT2D eigenvalue weighted by Gasteiger charge is 2.20. The van der Waals surface area contributed by atoms with E-state index in [0.717, 1.165) is 12.3 Å². The van der Waals surface area contributed by atoms with Gasteiger partial charge in [0.15, 0.2) is 0 Å². The monoisotopic (exact) mass is 264 g/mol. The zero-order valence-corrected chi connectivity index (χ0v) is 12.1. The van der Waals surface area contributed by atoms with Gasteiger partial charge in [-0.1, -0.05) is 32.0 Å². The molecule has 1 aliphatic heterocycles. The second-order valence-corrected chi connectivity index (χ2v) is 5.82. The molecule has 1 saturated heterocycles. The number of ether oxygens (including phenoxy) is 1. The van der Waals surface area contributed by atoms with Crippen LogP contribution in [0.5, 0.6) is 5.75 Å². The Bertz CT molecular complexity index is 386. The Hall–Kier alpha value is -1.06. The molecule has 0 amide bonds. The fraction of sp³-hybridized carbons (Fsp3) is 0.625. The van der Waals surface area contributed by atoms with E-state index in [2.05, 4.69) is 19.9 Å². The van der Waals surface area contributed by atoms with E-state index >= 15 is 0 Å². The molecule has 1 aromatic rings. The average molecular weight is 264 g/mol. The van der Waals surface area contributed by atoms with Crippen molar-refractivity contribution in [2.24, 2.45) is 0 Å². The molecule has 2 rings (SSSR count). The van der Waals surface area contributed by atoms with Gasteiger partial charge in [-0.05, 0) is 17.5 Å². The van der Waals surface area contributed by atoms with Crippen molar-refractivity contribution in [1.82, 2.24) is 0 Å². The molecular formula is C16H26NO2+. The van der Waals surface area contributed by atoms with Crippen LogP contribution in [-0.4, -0.2) is 37.5 Å². The van der Waals surface area contributed by atoms with E-state index in [1.165, 1.54) is 36.4 Å². The van der Waals surface area contributed by atoms with Gasteiger partial charge in [0, 0.05) is 12.8 Å². The fourth-order valence-electron chi connectivity index (χ4n) is 2.75. The Morgan fingerprint density at radius 1 is 1.21 bits per heavy atom. The van der Waals surface area contributed by atoms with E-state index < -0.39 is 0 Å². The summed E-state index contributed by atoms with van der Waals surface area (Å²) in [5, 5.41) is 10.1. The van der Waals surface area contributed by atoms with Crippen LogP contribution < -0.4 is 9.64 Å². The van der Waals surface area contributed by atoms with E-state index in [1.54, 1.807) is 0 Å². The lowest BCUT2D eigenvalue weighted by molar-refractivity contribution is -0.890. The first-order chi connectivity index (χ1) is 9.16. The smallest absolute Gasteiger partial charge is 0.137 e. The van der Waals surface area contributed by atoms with Crippen molar-refractivity contribution >= 4 is 0 Å². The summed E-state index contributed by atoms with van der Waals surface area (Å²) in [7, 11) is 0. The maximum Gasteiger partial charge on any atom is 0.137 e. The third kappa shape index (κ3) is 4.22. The molecule has 3 nitrogen and oxygen atoms in total. The van der Waals surface area contributed by atoms with Crippen LogP contribution in [0.1, 0.15) is 38.2 Å². The number of aliphatic hydroxyl groups is 1. The second kappa shape index (κ2) is 6.92. The number of hydrogen-bond donors (Lipinski definition) is 2. The Kier molecular flexibility index (Phi) is 5.23. The predicted octanol–water partition coefficient (Wildman–Crippen LogP) is 1.23. The van der Waals surface area contributed by atoms with Gasteiger partial charge >= 0.3 is 0 Å². The maximum absolute atomic E-state index is 10.1. The third-order valence-electron chi connectivity index (χ3n) is 3.81. The minimum atomic E-state index is -0.367. The molecule has 106 valence electrons. The molecule has 2 N–H and O–H groups in total. The normalized spacial score (nSPS) is 17.9. The lowest BCUT2D eigenvalue weighted by Gasteiger charge is -2.19. The van der Waals surface area contributed by atoms with Gasteiger partial charge in [-0.15, -0.1) is 0 Å². The zero-order valence-electron chi connectivity index (χ0n) is 12.1. The quantitative estimate of drug-likeness (QED) is 0.810. The molecule has 0 radical (unpaired) electrons. The molecule has 1 atom stereocenters. The standard InChI is InChI=1S/C16H25NO2/c1-13(2)15-7-3-4-8-16(15)19-12-14(18)11-17-9-5-6-10-17/h3-4,7-8,13-14,18H,5-6,9-12H2,1-2H3/p+1/t14-/m0/s1. The Balaban J connectivity index is 1.84. The van der Waals surface area contributed by atoms with E-state index in [9.17, 15) is 5.11 Å². The van der Waals surface area contributed by atoms with Crippen LogP contribution in [0.25, 0.3) is 0 Å². The van der Waals surface area contributed by atoms with Gasteiger partial charge in [0.05, 0.1) is 13.1 Å². The van der Waals surface area contributed by atoms with Crippen LogP contribution in [0.2, 0.25) is 0 Å². The molecule has 1 aromatic carbocycles. The topological polar surface area (TPSA) is 33.9 Å². The molecule has 0 saturated carbocycles. The van der Waals surface area contributed by atoms with E-state index in [1.807, 2.05) is 18.2 Å². The van der Waals surface area contributed by atoms with Crippen LogP contribution in [0, 0.1) is 0 Å². The third-order valence-corrected chi connectivity index (χ3v) is 3.81. The molecule has 0 aromatic heterocycles. The van der Waals surface area contributed by atoms with Gasteiger partial charge in [0.25, 0.3) is 0 Å². The summed E-state index contributed by atoms with van der Waals surface area (Å²) in [6, 6.07) is 8.11. The van der Waals surface area contributed by atoms with E-state index in [4.69, 9.17) is 4.74 Å². The largest absolute Gasteiger partial charge is 0.490 e. The number of rotatable bonds is 6. The molecular weight excluding hydrogens is 238 g/mol. The lowest BCUT2D eigenvalue weighted by Crippen LogP contribution is -3.11. The van der Waals surface area contributed by atoms with Crippen LogP contribution in [0.15, 0.2) is 24.3 Å². The zero-order chi connectivity index (χ0) is 13.7. The Labute approximate surface area is 116 Å². The minimum Gasteiger partial charge on any atom is -0.490 e. The summed E-state index contributed by atoms with van der Waals surface area (Å²) < 4.78 is 5.81. The summed E-state index contributed by atoms with van der Waals surface area (Å²) >= 11 is 0. The number of benzene rings is 1. The highest BCUT2D eigenvalue weighted by atomic mass is 16.5. The number of aliphatic hydroxyl groups excluding tert-OH is 1. The Morgan fingerprint density at radius 2 is 1.89 bits per heavy atom. The molecule has 0 unspecified atom stereocenters. The first kappa shape index (κ1) is 14.4. The fourth-order valence-corrected chi connectivity index (χ4v) is 2.75. The number of hydrogen-bond acceptors (Lipinski definition) is 2. The highest BCUT2D eigenvalue weighted by molar-refractivity contribution is 5.35. The number of likely N-dealkylation sites (tertiary alicyclic amines) is 1. The highest BCUT2D eigenvalue weighted by Crippen LogP contribution is 2.25. The summed E-state index contributed by atoms with van der Waals surface area (Å²) in [6.07, 6.45) is 2.21. The predicted molar refractivity (Wildman–Crippen MR) is 76.8 cm³/mol. The lowest BCUT2D eigenvalue weighted by atomic mass is 10.0. The number of para-hydroxylation sites is 1. The van der Waals surface area contributed by atoms with Crippen LogP contribution in [0.3, 0.4) is 0 Å². The van der Waals surface area contributed by atoms with Crippen LogP contribution >= 0.6 is 0 Å². The summed E-state index contributed by atoms with van der Waals surface area (Å²) in [5.74, 6) is 1.35.